The first-order valence-corrected chi connectivity index (χ1v) is 6.50. The lowest BCUT2D eigenvalue weighted by atomic mass is 10.0. The van der Waals surface area contributed by atoms with Crippen molar-refractivity contribution in [3.63, 3.8) is 0 Å². The van der Waals surface area contributed by atoms with Gasteiger partial charge in [-0.2, -0.15) is 0 Å². The number of piperazine rings is 1. The third-order valence-corrected chi connectivity index (χ3v) is 3.21. The van der Waals surface area contributed by atoms with E-state index in [1.54, 1.807) is 0 Å². The summed E-state index contributed by atoms with van der Waals surface area (Å²) in [4.78, 5) is 13.6. The fraction of sp³-hybridized carbons (Fsp3) is 0.917. The Morgan fingerprint density at radius 2 is 2.06 bits per heavy atom. The van der Waals surface area contributed by atoms with E-state index in [9.17, 15) is 9.90 Å². The Kier molecular flexibility index (Phi) is 5.88. The molecule has 1 aliphatic heterocycles. The van der Waals surface area contributed by atoms with E-state index in [-0.39, 0.29) is 0 Å². The lowest BCUT2D eigenvalue weighted by Gasteiger charge is -2.42. The van der Waals surface area contributed by atoms with Gasteiger partial charge in [0.1, 0.15) is 0 Å². The molecule has 0 amide bonds. The Bertz CT molecular complexity index is 242. The first-order valence-electron chi connectivity index (χ1n) is 6.50. The van der Waals surface area contributed by atoms with Gasteiger partial charge < -0.3 is 15.2 Å². The third-order valence-electron chi connectivity index (χ3n) is 3.21. The number of rotatable bonds is 7. The molecule has 0 aromatic carbocycles. The molecule has 0 bridgehead atoms. The Hall–Kier alpha value is -0.650. The highest BCUT2D eigenvalue weighted by molar-refractivity contribution is 5.77. The van der Waals surface area contributed by atoms with Crippen LogP contribution < -0.4 is 5.32 Å². The number of hydrogen-bond donors (Lipinski definition) is 2. The number of unbranched alkanes of at least 4 members (excludes halogenated alkanes) is 1. The van der Waals surface area contributed by atoms with Crippen molar-refractivity contribution in [1.29, 1.82) is 0 Å². The van der Waals surface area contributed by atoms with Gasteiger partial charge >= 0.3 is 5.97 Å². The van der Waals surface area contributed by atoms with Crippen LogP contribution in [0.2, 0.25) is 0 Å². The molecule has 0 aliphatic carbocycles. The molecule has 1 saturated heterocycles. The van der Waals surface area contributed by atoms with Crippen molar-refractivity contribution in [3.8, 4) is 0 Å². The van der Waals surface area contributed by atoms with Crippen molar-refractivity contribution in [3.05, 3.63) is 0 Å². The second kappa shape index (κ2) is 6.93. The average molecular weight is 244 g/mol. The van der Waals surface area contributed by atoms with E-state index in [4.69, 9.17) is 4.74 Å². The van der Waals surface area contributed by atoms with Crippen LogP contribution in [-0.4, -0.2) is 54.5 Å². The van der Waals surface area contributed by atoms with E-state index in [2.05, 4.69) is 12.2 Å². The summed E-state index contributed by atoms with van der Waals surface area (Å²) in [7, 11) is 0. The molecule has 1 rings (SSSR count). The minimum Gasteiger partial charge on any atom is -0.478 e. The Balaban J connectivity index is 2.82. The minimum absolute atomic E-state index is 0.430. The van der Waals surface area contributed by atoms with Crippen LogP contribution in [-0.2, 0) is 9.53 Å². The number of ether oxygens (including phenoxy) is 1. The van der Waals surface area contributed by atoms with E-state index in [1.807, 2.05) is 11.8 Å². The second-order valence-electron chi connectivity index (χ2n) is 4.36. The molecule has 0 saturated carbocycles. The van der Waals surface area contributed by atoms with Crippen molar-refractivity contribution in [1.82, 2.24) is 10.2 Å². The first kappa shape index (κ1) is 14.4. The van der Waals surface area contributed by atoms with Gasteiger partial charge in [-0.15, -0.1) is 0 Å². The highest BCUT2D eigenvalue weighted by atomic mass is 16.5. The number of nitrogens with one attached hydrogen (secondary N) is 1. The molecule has 5 heteroatoms. The maximum Gasteiger partial charge on any atom is 0.351 e. The molecule has 1 aliphatic rings. The van der Waals surface area contributed by atoms with Crippen LogP contribution in [0.25, 0.3) is 0 Å². The predicted molar refractivity (Wildman–Crippen MR) is 66.0 cm³/mol. The van der Waals surface area contributed by atoms with Gasteiger partial charge in [-0.25, -0.2) is 4.79 Å². The van der Waals surface area contributed by atoms with Crippen LogP contribution in [0.1, 0.15) is 33.1 Å². The van der Waals surface area contributed by atoms with E-state index in [0.29, 0.717) is 13.0 Å². The summed E-state index contributed by atoms with van der Waals surface area (Å²) in [6, 6.07) is 0. The Morgan fingerprint density at radius 3 is 2.53 bits per heavy atom. The Labute approximate surface area is 103 Å². The zero-order valence-electron chi connectivity index (χ0n) is 10.9. The maximum absolute atomic E-state index is 11.6. The number of carboxylic acids is 1. The normalized spacial score (nSPS) is 21.1. The second-order valence-corrected chi connectivity index (χ2v) is 4.36. The van der Waals surface area contributed by atoms with Gasteiger partial charge in [0.05, 0.1) is 0 Å². The van der Waals surface area contributed by atoms with Crippen molar-refractivity contribution < 1.29 is 14.6 Å². The molecule has 0 radical (unpaired) electrons. The summed E-state index contributed by atoms with van der Waals surface area (Å²) in [6.07, 6.45) is 2.41. The topological polar surface area (TPSA) is 61.8 Å². The number of carboxylic acid groups (broad SMARTS) is 1. The van der Waals surface area contributed by atoms with Crippen LogP contribution in [0.5, 0.6) is 0 Å². The highest BCUT2D eigenvalue weighted by Gasteiger charge is 2.44. The van der Waals surface area contributed by atoms with Crippen molar-refractivity contribution in [2.75, 3.05) is 32.8 Å². The van der Waals surface area contributed by atoms with Gasteiger partial charge in [0, 0.05) is 39.2 Å². The SMILES string of the molecule is CCCCC(OCC)(C(=O)O)N1CCNCC1. The number of hydrogen-bond acceptors (Lipinski definition) is 4. The first-order chi connectivity index (χ1) is 8.17. The van der Waals surface area contributed by atoms with E-state index in [1.165, 1.54) is 0 Å². The standard InChI is InChI=1S/C12H24N2O3/c1-3-5-6-12(11(15)16,17-4-2)14-9-7-13-8-10-14/h13H,3-10H2,1-2H3,(H,15,16). The van der Waals surface area contributed by atoms with Gasteiger partial charge in [-0.3, -0.25) is 4.90 Å². The van der Waals surface area contributed by atoms with Crippen LogP contribution in [0.15, 0.2) is 0 Å². The average Bonchev–Trinajstić information content (AvgIpc) is 2.35. The zero-order chi connectivity index (χ0) is 12.7. The summed E-state index contributed by atoms with van der Waals surface area (Å²) in [5.74, 6) is -0.852. The molecule has 1 fully saturated rings. The highest BCUT2D eigenvalue weighted by Crippen LogP contribution is 2.25. The van der Waals surface area contributed by atoms with Gasteiger partial charge in [-0.05, 0) is 13.3 Å². The van der Waals surface area contributed by atoms with Gasteiger partial charge in [0.25, 0.3) is 0 Å². The largest absolute Gasteiger partial charge is 0.478 e. The molecule has 1 heterocycles. The maximum atomic E-state index is 11.6. The molecule has 17 heavy (non-hydrogen) atoms. The molecule has 5 nitrogen and oxygen atoms in total. The minimum atomic E-state index is -1.12. The van der Waals surface area contributed by atoms with E-state index in [0.717, 1.165) is 39.0 Å². The predicted octanol–water partition coefficient (Wildman–Crippen LogP) is 0.899. The molecule has 100 valence electrons. The summed E-state index contributed by atoms with van der Waals surface area (Å²) < 4.78 is 5.63. The van der Waals surface area contributed by atoms with Crippen molar-refractivity contribution in [2.45, 2.75) is 38.8 Å². The van der Waals surface area contributed by atoms with Crippen molar-refractivity contribution in [2.24, 2.45) is 0 Å². The van der Waals surface area contributed by atoms with Crippen LogP contribution in [0.4, 0.5) is 0 Å². The Morgan fingerprint density at radius 1 is 1.41 bits per heavy atom. The van der Waals surface area contributed by atoms with Gasteiger partial charge in [0.15, 0.2) is 0 Å². The van der Waals surface area contributed by atoms with Gasteiger partial charge in [-0.1, -0.05) is 13.3 Å². The lowest BCUT2D eigenvalue weighted by Crippen LogP contribution is -2.61. The molecule has 2 N–H and O–H groups in total. The third kappa shape index (κ3) is 3.40. The van der Waals surface area contributed by atoms with Crippen molar-refractivity contribution >= 4 is 5.97 Å². The summed E-state index contributed by atoms with van der Waals surface area (Å²) >= 11 is 0. The fourth-order valence-electron chi connectivity index (χ4n) is 2.31. The number of nitrogens with zero attached hydrogens (tertiary/aromatic N) is 1. The molecular weight excluding hydrogens is 220 g/mol. The molecule has 1 atom stereocenters. The summed E-state index contributed by atoms with van der Waals surface area (Å²) in [5.41, 5.74) is -1.12. The number of aliphatic carboxylic acids is 1. The van der Waals surface area contributed by atoms with Crippen LogP contribution >= 0.6 is 0 Å². The molecule has 0 aromatic heterocycles. The fourth-order valence-corrected chi connectivity index (χ4v) is 2.31. The summed E-state index contributed by atoms with van der Waals surface area (Å²) in [5, 5.41) is 12.8. The van der Waals surface area contributed by atoms with E-state index >= 15 is 0 Å². The zero-order valence-corrected chi connectivity index (χ0v) is 10.9. The summed E-state index contributed by atoms with van der Waals surface area (Å²) in [6.45, 7) is 7.47. The van der Waals surface area contributed by atoms with Crippen LogP contribution in [0.3, 0.4) is 0 Å². The molecular formula is C12H24N2O3. The molecule has 0 aromatic rings. The molecule has 0 spiro atoms. The monoisotopic (exact) mass is 244 g/mol. The number of carbonyl (C=O) groups is 1. The van der Waals surface area contributed by atoms with E-state index < -0.39 is 11.7 Å². The quantitative estimate of drug-likeness (QED) is 0.696. The van der Waals surface area contributed by atoms with Gasteiger partial charge in [0.2, 0.25) is 5.72 Å². The smallest absolute Gasteiger partial charge is 0.351 e. The molecule has 1 unspecified atom stereocenters. The lowest BCUT2D eigenvalue weighted by molar-refractivity contribution is -0.201. The van der Waals surface area contributed by atoms with Crippen LogP contribution in [0, 0.1) is 0 Å².